The third-order valence-electron chi connectivity index (χ3n) is 3.85. The monoisotopic (exact) mass is 476 g/mol. The molecule has 0 bridgehead atoms. The fraction of sp³-hybridized carbons (Fsp3) is 0.600. The van der Waals surface area contributed by atoms with Crippen molar-refractivity contribution in [1.29, 1.82) is 0 Å². The first-order chi connectivity index (χ1) is 9.63. The Morgan fingerprint density at radius 1 is 1.18 bits per heavy atom. The summed E-state index contributed by atoms with van der Waals surface area (Å²) in [7, 11) is 0. The van der Waals surface area contributed by atoms with Crippen LogP contribution in [0.4, 0.5) is 0 Å². The van der Waals surface area contributed by atoms with Gasteiger partial charge in [-0.1, -0.05) is 19.8 Å². The fourth-order valence-electron chi connectivity index (χ4n) is 2.73. The smallest absolute Gasteiger partial charge is 0.143 e. The number of hydrogen-bond acceptors (Lipinski definition) is 3. The van der Waals surface area contributed by atoms with Crippen molar-refractivity contribution in [2.75, 3.05) is 26.2 Å². The molecule has 0 aromatic heterocycles. The zero-order valence-electron chi connectivity index (χ0n) is 12.6. The molecule has 0 spiro atoms. The van der Waals surface area contributed by atoms with E-state index in [-0.39, 0.29) is 30.6 Å². The van der Waals surface area contributed by atoms with E-state index >= 15 is 0 Å². The summed E-state index contributed by atoms with van der Waals surface area (Å²) in [6.45, 7) is 6.53. The minimum absolute atomic E-state index is 0. The van der Waals surface area contributed by atoms with Crippen LogP contribution >= 0.6 is 56.7 Å². The van der Waals surface area contributed by atoms with Crippen molar-refractivity contribution < 1.29 is 5.11 Å². The highest BCUT2D eigenvalue weighted by molar-refractivity contribution is 9.11. The largest absolute Gasteiger partial charge is 0.506 e. The summed E-state index contributed by atoms with van der Waals surface area (Å²) in [6.07, 6.45) is 3.61. The molecule has 2 rings (SSSR count). The summed E-state index contributed by atoms with van der Waals surface area (Å²) < 4.78 is 1.53. The van der Waals surface area contributed by atoms with E-state index in [0.29, 0.717) is 6.04 Å². The second-order valence-corrected chi connectivity index (χ2v) is 6.99. The molecule has 22 heavy (non-hydrogen) atoms. The number of rotatable bonds is 5. The number of unbranched alkanes of at least 4 members (excludes halogenated alkanes) is 1. The number of aromatic hydroxyl groups is 1. The summed E-state index contributed by atoms with van der Waals surface area (Å²) in [5.41, 5.74) is 1.27. The highest BCUT2D eigenvalue weighted by atomic mass is 79.9. The molecule has 1 saturated heterocycles. The van der Waals surface area contributed by atoms with Gasteiger partial charge in [-0.15, -0.1) is 24.8 Å². The molecule has 7 heteroatoms. The maximum atomic E-state index is 9.88. The van der Waals surface area contributed by atoms with Crippen LogP contribution in [0.1, 0.15) is 37.8 Å². The molecule has 0 amide bonds. The standard InChI is InChI=1S/C15H22Br2N2O.2ClH/c1-2-3-4-14(19-7-5-18-6-8-19)11-9-12(16)15(20)13(17)10-11;;/h9-10,14,18,20H,2-8H2,1H3;2*1H/t14-;;/m1../s1. The van der Waals surface area contributed by atoms with Gasteiger partial charge in [-0.2, -0.15) is 0 Å². The highest BCUT2D eigenvalue weighted by Gasteiger charge is 2.23. The fourth-order valence-corrected chi connectivity index (χ4v) is 3.95. The van der Waals surface area contributed by atoms with Crippen molar-refractivity contribution in [3.63, 3.8) is 0 Å². The van der Waals surface area contributed by atoms with Gasteiger partial charge in [0.1, 0.15) is 5.75 Å². The molecule has 0 radical (unpaired) electrons. The Hall–Kier alpha value is 0.480. The van der Waals surface area contributed by atoms with Crippen LogP contribution < -0.4 is 5.32 Å². The van der Waals surface area contributed by atoms with Gasteiger partial charge in [0, 0.05) is 32.2 Å². The Labute approximate surface area is 162 Å². The maximum Gasteiger partial charge on any atom is 0.143 e. The van der Waals surface area contributed by atoms with Gasteiger partial charge < -0.3 is 10.4 Å². The Kier molecular flexibility index (Phi) is 11.3. The number of piperazine rings is 1. The van der Waals surface area contributed by atoms with Crippen molar-refractivity contribution in [1.82, 2.24) is 10.2 Å². The van der Waals surface area contributed by atoms with Crippen LogP contribution in [0.15, 0.2) is 21.1 Å². The van der Waals surface area contributed by atoms with Crippen LogP contribution in [0.25, 0.3) is 0 Å². The number of phenolic OH excluding ortho intramolecular Hbond substituents is 1. The summed E-state index contributed by atoms with van der Waals surface area (Å²) in [4.78, 5) is 2.55. The van der Waals surface area contributed by atoms with Crippen LogP contribution in [0.5, 0.6) is 5.75 Å². The first kappa shape index (κ1) is 22.5. The lowest BCUT2D eigenvalue weighted by atomic mass is 9.98. The predicted octanol–water partition coefficient (Wildman–Crippen LogP) is 4.90. The van der Waals surface area contributed by atoms with E-state index < -0.39 is 0 Å². The van der Waals surface area contributed by atoms with E-state index in [0.717, 1.165) is 35.1 Å². The Morgan fingerprint density at radius 2 is 1.73 bits per heavy atom. The molecular weight excluding hydrogens is 455 g/mol. The molecule has 128 valence electrons. The van der Waals surface area contributed by atoms with Crippen LogP contribution in [0.3, 0.4) is 0 Å². The number of nitrogens with zero attached hydrogens (tertiary/aromatic N) is 1. The SMILES string of the molecule is CCCC[C@H](c1cc(Br)c(O)c(Br)c1)N1CCNCC1.Cl.Cl. The van der Waals surface area contributed by atoms with Gasteiger partial charge in [0.05, 0.1) is 8.95 Å². The van der Waals surface area contributed by atoms with Gasteiger partial charge in [-0.05, 0) is 56.0 Å². The Bertz CT molecular complexity index is 434. The molecule has 0 unspecified atom stereocenters. The van der Waals surface area contributed by atoms with Gasteiger partial charge in [-0.25, -0.2) is 0 Å². The lowest BCUT2D eigenvalue weighted by Crippen LogP contribution is -2.45. The third kappa shape index (κ3) is 5.84. The van der Waals surface area contributed by atoms with Gasteiger partial charge in [-0.3, -0.25) is 4.90 Å². The lowest BCUT2D eigenvalue weighted by molar-refractivity contribution is 0.163. The van der Waals surface area contributed by atoms with Gasteiger partial charge in [0.25, 0.3) is 0 Å². The predicted molar refractivity (Wildman–Crippen MR) is 105 cm³/mol. The van der Waals surface area contributed by atoms with Gasteiger partial charge in [0.2, 0.25) is 0 Å². The van der Waals surface area contributed by atoms with Gasteiger partial charge in [0.15, 0.2) is 0 Å². The second-order valence-electron chi connectivity index (χ2n) is 5.28. The average Bonchev–Trinajstić information content (AvgIpc) is 2.46. The minimum Gasteiger partial charge on any atom is -0.506 e. The maximum absolute atomic E-state index is 9.88. The summed E-state index contributed by atoms with van der Waals surface area (Å²) >= 11 is 6.89. The van der Waals surface area contributed by atoms with E-state index in [9.17, 15) is 5.11 Å². The number of hydrogen-bond donors (Lipinski definition) is 2. The van der Waals surface area contributed by atoms with Gasteiger partial charge >= 0.3 is 0 Å². The summed E-state index contributed by atoms with van der Waals surface area (Å²) in [5, 5.41) is 13.3. The highest BCUT2D eigenvalue weighted by Crippen LogP contribution is 2.37. The quantitative estimate of drug-likeness (QED) is 0.632. The summed E-state index contributed by atoms with van der Waals surface area (Å²) in [6, 6.07) is 4.55. The van der Waals surface area contributed by atoms with Crippen molar-refractivity contribution in [2.24, 2.45) is 0 Å². The number of benzene rings is 1. The average molecular weight is 479 g/mol. The molecule has 3 nitrogen and oxygen atoms in total. The molecule has 1 atom stereocenters. The Balaban J connectivity index is 0.00000220. The molecule has 0 aliphatic carbocycles. The molecule has 1 aliphatic heterocycles. The molecule has 1 fully saturated rings. The lowest BCUT2D eigenvalue weighted by Gasteiger charge is -2.35. The van der Waals surface area contributed by atoms with E-state index in [1.807, 2.05) is 0 Å². The molecule has 1 aromatic carbocycles. The van der Waals surface area contributed by atoms with Crippen molar-refractivity contribution in [3.8, 4) is 5.75 Å². The zero-order valence-corrected chi connectivity index (χ0v) is 17.5. The second kappa shape index (κ2) is 11.1. The first-order valence-corrected chi connectivity index (χ1v) is 8.84. The van der Waals surface area contributed by atoms with E-state index in [1.165, 1.54) is 24.8 Å². The molecule has 1 aromatic rings. The Morgan fingerprint density at radius 3 is 2.23 bits per heavy atom. The minimum atomic E-state index is 0. The molecule has 1 aliphatic rings. The molecule has 0 saturated carbocycles. The molecule has 1 heterocycles. The van der Waals surface area contributed by atoms with E-state index in [2.05, 4.69) is 61.1 Å². The molecular formula is C15H24Br2Cl2N2O. The number of phenols is 1. The normalized spacial score (nSPS) is 16.5. The summed E-state index contributed by atoms with van der Waals surface area (Å²) in [5.74, 6) is 0.281. The molecule has 2 N–H and O–H groups in total. The topological polar surface area (TPSA) is 35.5 Å². The van der Waals surface area contributed by atoms with Crippen molar-refractivity contribution in [2.45, 2.75) is 32.2 Å². The number of halogens is 4. The van der Waals surface area contributed by atoms with E-state index in [4.69, 9.17) is 0 Å². The third-order valence-corrected chi connectivity index (χ3v) is 5.06. The number of nitrogens with one attached hydrogen (secondary N) is 1. The van der Waals surface area contributed by atoms with Crippen molar-refractivity contribution >= 4 is 56.7 Å². The van der Waals surface area contributed by atoms with Crippen molar-refractivity contribution in [3.05, 3.63) is 26.6 Å². The van der Waals surface area contributed by atoms with Crippen LogP contribution in [0, 0.1) is 0 Å². The van der Waals surface area contributed by atoms with Crippen LogP contribution in [-0.4, -0.2) is 36.2 Å². The zero-order chi connectivity index (χ0) is 14.5. The van der Waals surface area contributed by atoms with E-state index in [1.54, 1.807) is 0 Å². The van der Waals surface area contributed by atoms with Crippen LogP contribution in [0.2, 0.25) is 0 Å². The first-order valence-electron chi connectivity index (χ1n) is 7.26. The van der Waals surface area contributed by atoms with Crippen LogP contribution in [-0.2, 0) is 0 Å².